The zero-order valence-electron chi connectivity index (χ0n) is 9.78. The van der Waals surface area contributed by atoms with Crippen LogP contribution in [0.1, 0.15) is 31.3 Å². The van der Waals surface area contributed by atoms with Gasteiger partial charge in [-0.25, -0.2) is 4.79 Å². The third-order valence-electron chi connectivity index (χ3n) is 2.03. The maximum absolute atomic E-state index is 11.8. The standard InChI is InChI=1S/C12H12ClNO3/c1-12(2,3)16-11(15)10-8-5-4-7(13)6-9(8)17-14-10/h4-6H,1-3H3. The predicted octanol–water partition coefficient (Wildman–Crippen LogP) is 3.44. The minimum atomic E-state index is -0.561. The van der Waals surface area contributed by atoms with Crippen molar-refractivity contribution in [3.63, 3.8) is 0 Å². The van der Waals surface area contributed by atoms with E-state index in [0.717, 1.165) is 0 Å². The summed E-state index contributed by atoms with van der Waals surface area (Å²) in [6, 6.07) is 4.97. The number of ether oxygens (including phenoxy) is 1. The maximum atomic E-state index is 11.8. The lowest BCUT2D eigenvalue weighted by atomic mass is 10.2. The fourth-order valence-electron chi connectivity index (χ4n) is 1.38. The van der Waals surface area contributed by atoms with Crippen molar-refractivity contribution in [3.8, 4) is 0 Å². The Morgan fingerprint density at radius 3 is 2.76 bits per heavy atom. The molecule has 0 aliphatic rings. The molecule has 0 unspecified atom stereocenters. The molecular weight excluding hydrogens is 242 g/mol. The van der Waals surface area contributed by atoms with E-state index < -0.39 is 11.6 Å². The zero-order valence-corrected chi connectivity index (χ0v) is 10.5. The van der Waals surface area contributed by atoms with E-state index in [2.05, 4.69) is 5.16 Å². The lowest BCUT2D eigenvalue weighted by Crippen LogP contribution is -2.24. The molecule has 0 radical (unpaired) electrons. The van der Waals surface area contributed by atoms with Crippen molar-refractivity contribution in [2.45, 2.75) is 26.4 Å². The molecule has 1 aromatic carbocycles. The molecule has 0 amide bonds. The van der Waals surface area contributed by atoms with Crippen molar-refractivity contribution in [1.29, 1.82) is 0 Å². The van der Waals surface area contributed by atoms with Gasteiger partial charge in [-0.2, -0.15) is 0 Å². The Labute approximate surface area is 103 Å². The van der Waals surface area contributed by atoms with Gasteiger partial charge in [0.15, 0.2) is 11.3 Å². The Bertz CT molecular complexity index is 569. The number of carbonyl (C=O) groups excluding carboxylic acids is 1. The van der Waals surface area contributed by atoms with Gasteiger partial charge in [0.25, 0.3) is 0 Å². The van der Waals surface area contributed by atoms with Crippen LogP contribution in [0.2, 0.25) is 5.02 Å². The number of carbonyl (C=O) groups is 1. The molecule has 90 valence electrons. The first kappa shape index (κ1) is 11.9. The third-order valence-corrected chi connectivity index (χ3v) is 2.26. The number of nitrogens with zero attached hydrogens (tertiary/aromatic N) is 1. The second-order valence-corrected chi connectivity index (χ2v) is 5.11. The fraction of sp³-hybridized carbons (Fsp3) is 0.333. The quantitative estimate of drug-likeness (QED) is 0.731. The van der Waals surface area contributed by atoms with E-state index in [1.54, 1.807) is 39.0 Å². The summed E-state index contributed by atoms with van der Waals surface area (Å²) in [4.78, 5) is 11.8. The highest BCUT2D eigenvalue weighted by atomic mass is 35.5. The van der Waals surface area contributed by atoms with Crippen molar-refractivity contribution < 1.29 is 14.1 Å². The van der Waals surface area contributed by atoms with Crippen LogP contribution in [0.25, 0.3) is 11.0 Å². The first-order valence-electron chi connectivity index (χ1n) is 5.15. The molecule has 0 atom stereocenters. The highest BCUT2D eigenvalue weighted by Gasteiger charge is 2.23. The predicted molar refractivity (Wildman–Crippen MR) is 64.2 cm³/mol. The molecule has 0 fully saturated rings. The minimum Gasteiger partial charge on any atom is -0.455 e. The number of aromatic nitrogens is 1. The summed E-state index contributed by atoms with van der Waals surface area (Å²) >= 11 is 5.81. The molecule has 0 bridgehead atoms. The SMILES string of the molecule is CC(C)(C)OC(=O)c1noc2cc(Cl)ccc12. The van der Waals surface area contributed by atoms with Crippen LogP contribution in [0.15, 0.2) is 22.7 Å². The smallest absolute Gasteiger partial charge is 0.361 e. The molecule has 17 heavy (non-hydrogen) atoms. The van der Waals surface area contributed by atoms with Gasteiger partial charge >= 0.3 is 5.97 Å². The van der Waals surface area contributed by atoms with Crippen LogP contribution in [0.5, 0.6) is 0 Å². The number of hydrogen-bond acceptors (Lipinski definition) is 4. The molecule has 0 spiro atoms. The van der Waals surface area contributed by atoms with E-state index in [4.69, 9.17) is 20.9 Å². The number of rotatable bonds is 1. The molecule has 4 nitrogen and oxygen atoms in total. The van der Waals surface area contributed by atoms with Gasteiger partial charge in [0.05, 0.1) is 5.39 Å². The number of hydrogen-bond donors (Lipinski definition) is 0. The second-order valence-electron chi connectivity index (χ2n) is 4.67. The summed E-state index contributed by atoms with van der Waals surface area (Å²) in [6.45, 7) is 5.39. The van der Waals surface area contributed by atoms with E-state index in [9.17, 15) is 4.79 Å². The molecule has 0 N–H and O–H groups in total. The van der Waals surface area contributed by atoms with Crippen molar-refractivity contribution >= 4 is 28.5 Å². The normalized spacial score (nSPS) is 11.8. The first-order valence-corrected chi connectivity index (χ1v) is 5.53. The van der Waals surface area contributed by atoms with E-state index in [1.165, 1.54) is 0 Å². The fourth-order valence-corrected chi connectivity index (χ4v) is 1.55. The third kappa shape index (κ3) is 2.58. The average molecular weight is 254 g/mol. The lowest BCUT2D eigenvalue weighted by Gasteiger charge is -2.18. The number of halogens is 1. The van der Waals surface area contributed by atoms with Crippen LogP contribution in [0.4, 0.5) is 0 Å². The Kier molecular flexibility index (Phi) is 2.83. The molecule has 0 saturated carbocycles. The summed E-state index contributed by atoms with van der Waals surface area (Å²) in [7, 11) is 0. The minimum absolute atomic E-state index is 0.173. The second kappa shape index (κ2) is 4.04. The van der Waals surface area contributed by atoms with Crippen molar-refractivity contribution in [2.24, 2.45) is 0 Å². The van der Waals surface area contributed by atoms with E-state index in [0.29, 0.717) is 16.0 Å². The summed E-state index contributed by atoms with van der Waals surface area (Å²) in [5.41, 5.74) is 0.0827. The van der Waals surface area contributed by atoms with E-state index >= 15 is 0 Å². The largest absolute Gasteiger partial charge is 0.455 e. The van der Waals surface area contributed by atoms with Gasteiger partial charge in [0.1, 0.15) is 5.60 Å². The Hall–Kier alpha value is -1.55. The van der Waals surface area contributed by atoms with Gasteiger partial charge in [-0.3, -0.25) is 0 Å². The van der Waals surface area contributed by atoms with Crippen molar-refractivity contribution in [2.75, 3.05) is 0 Å². The summed E-state index contributed by atoms with van der Waals surface area (Å²) in [5.74, 6) is -0.501. The maximum Gasteiger partial charge on any atom is 0.361 e. The van der Waals surface area contributed by atoms with Crippen LogP contribution in [-0.4, -0.2) is 16.7 Å². The van der Waals surface area contributed by atoms with Gasteiger partial charge in [0.2, 0.25) is 0 Å². The molecule has 2 aromatic rings. The van der Waals surface area contributed by atoms with Crippen LogP contribution in [0.3, 0.4) is 0 Å². The molecule has 0 aliphatic heterocycles. The molecule has 0 saturated heterocycles. The first-order chi connectivity index (χ1) is 7.87. The van der Waals surface area contributed by atoms with Crippen LogP contribution >= 0.6 is 11.6 Å². The van der Waals surface area contributed by atoms with Gasteiger partial charge in [-0.15, -0.1) is 0 Å². The molecule has 2 rings (SSSR count). The van der Waals surface area contributed by atoms with Crippen molar-refractivity contribution in [1.82, 2.24) is 5.16 Å². The Morgan fingerprint density at radius 2 is 2.12 bits per heavy atom. The van der Waals surface area contributed by atoms with E-state index in [1.807, 2.05) is 0 Å². The molecule has 5 heteroatoms. The van der Waals surface area contributed by atoms with Gasteiger partial charge < -0.3 is 9.26 Å². The topological polar surface area (TPSA) is 52.3 Å². The average Bonchev–Trinajstić information content (AvgIpc) is 2.57. The summed E-state index contributed by atoms with van der Waals surface area (Å²) in [5, 5.41) is 4.84. The zero-order chi connectivity index (χ0) is 12.6. The molecule has 1 aromatic heterocycles. The lowest BCUT2D eigenvalue weighted by molar-refractivity contribution is 0.00610. The Morgan fingerprint density at radius 1 is 1.41 bits per heavy atom. The summed E-state index contributed by atoms with van der Waals surface area (Å²) < 4.78 is 10.3. The molecule has 0 aliphatic carbocycles. The van der Waals surface area contributed by atoms with Crippen molar-refractivity contribution in [3.05, 3.63) is 28.9 Å². The van der Waals surface area contributed by atoms with Gasteiger partial charge in [-0.05, 0) is 32.9 Å². The van der Waals surface area contributed by atoms with Crippen LogP contribution in [0, 0.1) is 0 Å². The van der Waals surface area contributed by atoms with Crippen LogP contribution < -0.4 is 0 Å². The molecular formula is C12H12ClNO3. The monoisotopic (exact) mass is 253 g/mol. The highest BCUT2D eigenvalue weighted by molar-refractivity contribution is 6.31. The van der Waals surface area contributed by atoms with Gasteiger partial charge in [-0.1, -0.05) is 16.8 Å². The number of fused-ring (bicyclic) bond motifs is 1. The number of benzene rings is 1. The van der Waals surface area contributed by atoms with Gasteiger partial charge in [0, 0.05) is 11.1 Å². The Balaban J connectivity index is 2.40. The van der Waals surface area contributed by atoms with Crippen LogP contribution in [-0.2, 0) is 4.74 Å². The van der Waals surface area contributed by atoms with E-state index in [-0.39, 0.29) is 5.69 Å². The highest BCUT2D eigenvalue weighted by Crippen LogP contribution is 2.23. The molecule has 1 heterocycles. The number of esters is 1. The summed E-state index contributed by atoms with van der Waals surface area (Å²) in [6.07, 6.45) is 0.